The summed E-state index contributed by atoms with van der Waals surface area (Å²) in [5.41, 5.74) is 2.77. The van der Waals surface area contributed by atoms with Crippen LogP contribution in [0.2, 0.25) is 5.02 Å². The quantitative estimate of drug-likeness (QED) is 0.880. The van der Waals surface area contributed by atoms with Gasteiger partial charge in [0.25, 0.3) is 0 Å². The molecule has 1 fully saturated rings. The first-order valence-corrected chi connectivity index (χ1v) is 7.11. The average molecular weight is 267 g/mol. The van der Waals surface area contributed by atoms with E-state index in [4.69, 9.17) is 11.6 Å². The Morgan fingerprint density at radius 2 is 2.22 bits per heavy atom. The molecular formula is C15H23ClN2. The Balaban J connectivity index is 2.32. The number of piperazine rings is 1. The van der Waals surface area contributed by atoms with E-state index in [-0.39, 0.29) is 5.54 Å². The fourth-order valence-corrected chi connectivity index (χ4v) is 2.71. The first-order chi connectivity index (χ1) is 8.45. The van der Waals surface area contributed by atoms with E-state index < -0.39 is 0 Å². The summed E-state index contributed by atoms with van der Waals surface area (Å²) in [5.74, 6) is 0. The fraction of sp³-hybridized carbons (Fsp3) is 0.600. The lowest BCUT2D eigenvalue weighted by molar-refractivity contribution is 0.285. The molecule has 0 aliphatic carbocycles. The van der Waals surface area contributed by atoms with E-state index in [9.17, 15) is 0 Å². The number of rotatable bonds is 2. The van der Waals surface area contributed by atoms with Gasteiger partial charge in [0.2, 0.25) is 0 Å². The van der Waals surface area contributed by atoms with E-state index >= 15 is 0 Å². The van der Waals surface area contributed by atoms with Crippen molar-refractivity contribution in [3.8, 4) is 0 Å². The third-order valence-electron chi connectivity index (χ3n) is 4.14. The monoisotopic (exact) mass is 266 g/mol. The predicted octanol–water partition coefficient (Wildman–Crippen LogP) is 3.62. The molecule has 0 spiro atoms. The minimum Gasteiger partial charge on any atom is -0.365 e. The maximum atomic E-state index is 6.15. The number of nitrogens with zero attached hydrogens (tertiary/aromatic N) is 1. The topological polar surface area (TPSA) is 15.3 Å². The van der Waals surface area contributed by atoms with Gasteiger partial charge in [-0.15, -0.1) is 0 Å². The SMILES string of the molecule is CCC1(C)CN(c2cc(Cl)ccc2C)C(C)CN1. The summed E-state index contributed by atoms with van der Waals surface area (Å²) in [4.78, 5) is 2.49. The molecule has 1 aliphatic heterocycles. The van der Waals surface area contributed by atoms with Crippen LogP contribution in [0.4, 0.5) is 5.69 Å². The van der Waals surface area contributed by atoms with Crippen LogP contribution >= 0.6 is 11.6 Å². The fourth-order valence-electron chi connectivity index (χ4n) is 2.54. The second kappa shape index (κ2) is 5.10. The summed E-state index contributed by atoms with van der Waals surface area (Å²) < 4.78 is 0. The number of anilines is 1. The van der Waals surface area contributed by atoms with Crippen molar-refractivity contribution in [2.24, 2.45) is 0 Å². The van der Waals surface area contributed by atoms with Crippen LogP contribution in [0.5, 0.6) is 0 Å². The van der Waals surface area contributed by atoms with Gasteiger partial charge < -0.3 is 10.2 Å². The van der Waals surface area contributed by atoms with Gasteiger partial charge in [0, 0.05) is 35.4 Å². The van der Waals surface area contributed by atoms with Gasteiger partial charge >= 0.3 is 0 Å². The molecule has 1 aromatic rings. The molecule has 0 amide bonds. The number of aryl methyl sites for hydroxylation is 1. The van der Waals surface area contributed by atoms with Gasteiger partial charge in [-0.3, -0.25) is 0 Å². The van der Waals surface area contributed by atoms with E-state index in [1.54, 1.807) is 0 Å². The van der Waals surface area contributed by atoms with Gasteiger partial charge in [0.1, 0.15) is 0 Å². The molecule has 0 bridgehead atoms. The van der Waals surface area contributed by atoms with Crippen molar-refractivity contribution >= 4 is 17.3 Å². The maximum Gasteiger partial charge on any atom is 0.0426 e. The van der Waals surface area contributed by atoms with Gasteiger partial charge in [-0.25, -0.2) is 0 Å². The Morgan fingerprint density at radius 1 is 1.50 bits per heavy atom. The summed E-state index contributed by atoms with van der Waals surface area (Å²) in [6, 6.07) is 6.67. The predicted molar refractivity (Wildman–Crippen MR) is 79.7 cm³/mol. The molecule has 100 valence electrons. The Hall–Kier alpha value is -0.730. The standard InChI is InChI=1S/C15H23ClN2/c1-5-15(4)10-18(12(3)9-17-15)14-8-13(16)7-6-11(14)2/h6-8,12,17H,5,9-10H2,1-4H3. The molecule has 3 heteroatoms. The molecule has 0 saturated carbocycles. The van der Waals surface area contributed by atoms with Gasteiger partial charge in [0.15, 0.2) is 0 Å². The molecule has 0 radical (unpaired) electrons. The van der Waals surface area contributed by atoms with Crippen LogP contribution in [0.15, 0.2) is 18.2 Å². The van der Waals surface area contributed by atoms with E-state index in [1.165, 1.54) is 11.3 Å². The Kier molecular flexibility index (Phi) is 3.88. The van der Waals surface area contributed by atoms with Crippen LogP contribution in [-0.2, 0) is 0 Å². The minimum absolute atomic E-state index is 0.196. The first kappa shape index (κ1) is 13.7. The third-order valence-corrected chi connectivity index (χ3v) is 4.37. The maximum absolute atomic E-state index is 6.15. The smallest absolute Gasteiger partial charge is 0.0426 e. The van der Waals surface area contributed by atoms with Crippen molar-refractivity contribution in [2.75, 3.05) is 18.0 Å². The van der Waals surface area contributed by atoms with Crippen molar-refractivity contribution in [1.29, 1.82) is 0 Å². The molecule has 2 rings (SSSR count). The minimum atomic E-state index is 0.196. The molecule has 2 unspecified atom stereocenters. The molecule has 1 N–H and O–H groups in total. The molecule has 0 aromatic heterocycles. The van der Waals surface area contributed by atoms with Crippen LogP contribution in [0.1, 0.15) is 32.8 Å². The Labute approximate surface area is 115 Å². The molecule has 18 heavy (non-hydrogen) atoms. The van der Waals surface area contributed by atoms with Crippen molar-refractivity contribution in [1.82, 2.24) is 5.32 Å². The summed E-state index contributed by atoms with van der Waals surface area (Å²) in [6.45, 7) is 11.0. The molecule has 2 nitrogen and oxygen atoms in total. The second-order valence-corrected chi connectivity index (χ2v) is 6.14. The van der Waals surface area contributed by atoms with Crippen LogP contribution in [0.3, 0.4) is 0 Å². The molecule has 1 aliphatic rings. The Morgan fingerprint density at radius 3 is 2.89 bits per heavy atom. The highest BCUT2D eigenvalue weighted by Crippen LogP contribution is 2.30. The summed E-state index contributed by atoms with van der Waals surface area (Å²) >= 11 is 6.15. The third kappa shape index (κ3) is 2.65. The van der Waals surface area contributed by atoms with Crippen molar-refractivity contribution in [3.05, 3.63) is 28.8 Å². The highest BCUT2D eigenvalue weighted by Gasteiger charge is 2.33. The lowest BCUT2D eigenvalue weighted by atomic mass is 9.93. The number of hydrogen-bond acceptors (Lipinski definition) is 2. The van der Waals surface area contributed by atoms with E-state index in [0.717, 1.165) is 24.5 Å². The molecule has 2 atom stereocenters. The van der Waals surface area contributed by atoms with Crippen LogP contribution in [0, 0.1) is 6.92 Å². The highest BCUT2D eigenvalue weighted by atomic mass is 35.5. The number of nitrogens with one attached hydrogen (secondary N) is 1. The average Bonchev–Trinajstić information content (AvgIpc) is 2.36. The number of benzene rings is 1. The number of halogens is 1. The van der Waals surface area contributed by atoms with Gasteiger partial charge in [-0.05, 0) is 44.9 Å². The molecule has 1 aromatic carbocycles. The summed E-state index contributed by atoms with van der Waals surface area (Å²) in [5, 5.41) is 4.47. The number of hydrogen-bond donors (Lipinski definition) is 1. The molecular weight excluding hydrogens is 244 g/mol. The summed E-state index contributed by atoms with van der Waals surface area (Å²) in [6.07, 6.45) is 1.13. The van der Waals surface area contributed by atoms with Gasteiger partial charge in [0.05, 0.1) is 0 Å². The zero-order valence-electron chi connectivity index (χ0n) is 11.8. The highest BCUT2D eigenvalue weighted by molar-refractivity contribution is 6.30. The van der Waals surface area contributed by atoms with Crippen LogP contribution in [0.25, 0.3) is 0 Å². The normalized spacial score (nSPS) is 28.5. The van der Waals surface area contributed by atoms with E-state index in [0.29, 0.717) is 6.04 Å². The lowest BCUT2D eigenvalue weighted by Crippen LogP contribution is -2.62. The van der Waals surface area contributed by atoms with Gasteiger partial charge in [-0.1, -0.05) is 24.6 Å². The second-order valence-electron chi connectivity index (χ2n) is 5.70. The van der Waals surface area contributed by atoms with E-state index in [2.05, 4.69) is 50.0 Å². The van der Waals surface area contributed by atoms with Gasteiger partial charge in [-0.2, -0.15) is 0 Å². The van der Waals surface area contributed by atoms with Crippen molar-refractivity contribution in [3.63, 3.8) is 0 Å². The zero-order chi connectivity index (χ0) is 13.3. The molecule has 1 heterocycles. The van der Waals surface area contributed by atoms with Crippen molar-refractivity contribution in [2.45, 2.75) is 45.7 Å². The van der Waals surface area contributed by atoms with Crippen LogP contribution in [-0.4, -0.2) is 24.7 Å². The summed E-state index contributed by atoms with van der Waals surface area (Å²) in [7, 11) is 0. The van der Waals surface area contributed by atoms with E-state index in [1.807, 2.05) is 6.07 Å². The zero-order valence-corrected chi connectivity index (χ0v) is 12.5. The Bertz CT molecular complexity index is 433. The lowest BCUT2D eigenvalue weighted by Gasteiger charge is -2.46. The van der Waals surface area contributed by atoms with Crippen molar-refractivity contribution < 1.29 is 0 Å². The molecule has 1 saturated heterocycles. The van der Waals surface area contributed by atoms with Crippen LogP contribution < -0.4 is 10.2 Å². The largest absolute Gasteiger partial charge is 0.365 e. The first-order valence-electron chi connectivity index (χ1n) is 6.73.